The molecule has 15 heavy (non-hydrogen) atoms. The summed E-state index contributed by atoms with van der Waals surface area (Å²) in [5.74, 6) is 1.73. The fourth-order valence-electron chi connectivity index (χ4n) is 2.58. The van der Waals surface area contributed by atoms with Crippen molar-refractivity contribution in [3.8, 4) is 0 Å². The summed E-state index contributed by atoms with van der Waals surface area (Å²) in [6.07, 6.45) is 4.74. The number of fused-ring (bicyclic) bond motifs is 1. The Bertz CT molecular complexity index is 473. The Morgan fingerprint density at radius 3 is 2.80 bits per heavy atom. The molecule has 2 aliphatic rings. The fourth-order valence-corrected chi connectivity index (χ4v) is 2.90. The maximum Gasteiger partial charge on any atom is 0.133 e. The van der Waals surface area contributed by atoms with Crippen LogP contribution in [0.4, 0.5) is 0 Å². The number of aryl methyl sites for hydroxylation is 1. The van der Waals surface area contributed by atoms with Gasteiger partial charge in [-0.2, -0.15) is 0 Å². The topological polar surface area (TPSA) is 28.7 Å². The smallest absolute Gasteiger partial charge is 0.133 e. The molecule has 3 heteroatoms. The highest BCUT2D eigenvalue weighted by Crippen LogP contribution is 2.57. The second-order valence-corrected chi connectivity index (χ2v) is 5.87. The third kappa shape index (κ3) is 1.44. The first-order chi connectivity index (χ1) is 7.08. The van der Waals surface area contributed by atoms with Gasteiger partial charge in [-0.25, -0.2) is 4.98 Å². The predicted molar refractivity (Wildman–Crippen MR) is 62.6 cm³/mol. The lowest BCUT2D eigenvalue weighted by Crippen LogP contribution is -2.02. The van der Waals surface area contributed by atoms with E-state index in [0.717, 1.165) is 23.3 Å². The SMILES string of the molecule is CC1(C)CC1c1nc(=S)c2c([nH]1)CCC2. The van der Waals surface area contributed by atoms with Gasteiger partial charge in [0.15, 0.2) is 0 Å². The third-order valence-electron chi connectivity index (χ3n) is 3.82. The zero-order valence-corrected chi connectivity index (χ0v) is 10.1. The predicted octanol–water partition coefficient (Wildman–Crippen LogP) is 3.14. The number of aromatic amines is 1. The molecule has 2 nitrogen and oxygen atoms in total. The van der Waals surface area contributed by atoms with E-state index in [4.69, 9.17) is 12.2 Å². The summed E-state index contributed by atoms with van der Waals surface area (Å²) >= 11 is 5.36. The van der Waals surface area contributed by atoms with Crippen molar-refractivity contribution < 1.29 is 0 Å². The van der Waals surface area contributed by atoms with E-state index < -0.39 is 0 Å². The number of nitrogens with zero attached hydrogens (tertiary/aromatic N) is 1. The van der Waals surface area contributed by atoms with Gasteiger partial charge in [-0.05, 0) is 31.1 Å². The van der Waals surface area contributed by atoms with Crippen LogP contribution in [0, 0.1) is 10.1 Å². The van der Waals surface area contributed by atoms with Gasteiger partial charge >= 0.3 is 0 Å². The molecule has 1 aromatic heterocycles. The summed E-state index contributed by atoms with van der Waals surface area (Å²) in [6, 6.07) is 0. The monoisotopic (exact) mass is 220 g/mol. The maximum absolute atomic E-state index is 5.36. The Kier molecular flexibility index (Phi) is 1.85. The number of H-pyrrole nitrogens is 1. The number of rotatable bonds is 1. The minimum Gasteiger partial charge on any atom is -0.347 e. The number of aromatic nitrogens is 2. The van der Waals surface area contributed by atoms with Crippen LogP contribution in [-0.2, 0) is 12.8 Å². The van der Waals surface area contributed by atoms with Gasteiger partial charge in [0.05, 0.1) is 0 Å². The Hall–Kier alpha value is -0.700. The molecule has 1 atom stereocenters. The van der Waals surface area contributed by atoms with Crippen LogP contribution in [0.3, 0.4) is 0 Å². The summed E-state index contributed by atoms with van der Waals surface area (Å²) in [5, 5.41) is 0. The Morgan fingerprint density at radius 2 is 2.13 bits per heavy atom. The quantitative estimate of drug-likeness (QED) is 0.737. The van der Waals surface area contributed by atoms with E-state index in [0.29, 0.717) is 11.3 Å². The van der Waals surface area contributed by atoms with Crippen molar-refractivity contribution in [1.29, 1.82) is 0 Å². The first kappa shape index (κ1) is 9.52. The molecule has 1 fully saturated rings. The summed E-state index contributed by atoms with van der Waals surface area (Å²) in [6.45, 7) is 4.59. The van der Waals surface area contributed by atoms with Crippen LogP contribution in [0.15, 0.2) is 0 Å². The fraction of sp³-hybridized carbons (Fsp3) is 0.667. The molecule has 3 rings (SSSR count). The Labute approximate surface area is 95.1 Å². The molecule has 0 aromatic carbocycles. The maximum atomic E-state index is 5.36. The molecule has 1 saturated carbocycles. The minimum atomic E-state index is 0.429. The average molecular weight is 220 g/mol. The van der Waals surface area contributed by atoms with Gasteiger partial charge in [0.2, 0.25) is 0 Å². The molecule has 0 bridgehead atoms. The second kappa shape index (κ2) is 2.91. The zero-order valence-electron chi connectivity index (χ0n) is 9.26. The van der Waals surface area contributed by atoms with Crippen molar-refractivity contribution in [3.05, 3.63) is 21.7 Å². The summed E-state index contributed by atoms with van der Waals surface area (Å²) in [4.78, 5) is 8.07. The molecule has 1 heterocycles. The molecular weight excluding hydrogens is 204 g/mol. The van der Waals surface area contributed by atoms with E-state index in [2.05, 4.69) is 23.8 Å². The summed E-state index contributed by atoms with van der Waals surface area (Å²) in [5.41, 5.74) is 3.08. The molecule has 1 aromatic rings. The van der Waals surface area contributed by atoms with Crippen LogP contribution < -0.4 is 0 Å². The highest BCUT2D eigenvalue weighted by Gasteiger charge is 2.48. The third-order valence-corrected chi connectivity index (χ3v) is 4.16. The van der Waals surface area contributed by atoms with E-state index in [1.807, 2.05) is 0 Å². The van der Waals surface area contributed by atoms with Crippen LogP contribution in [0.5, 0.6) is 0 Å². The van der Waals surface area contributed by atoms with Crippen LogP contribution in [0.1, 0.15) is 49.7 Å². The van der Waals surface area contributed by atoms with E-state index in [-0.39, 0.29) is 0 Å². The molecule has 0 spiro atoms. The molecule has 0 saturated heterocycles. The molecule has 80 valence electrons. The van der Waals surface area contributed by atoms with Gasteiger partial charge in [0.1, 0.15) is 10.5 Å². The Morgan fingerprint density at radius 1 is 1.40 bits per heavy atom. The first-order valence-corrected chi connectivity index (χ1v) is 6.11. The molecule has 1 N–H and O–H groups in total. The average Bonchev–Trinajstić information content (AvgIpc) is 2.63. The van der Waals surface area contributed by atoms with Gasteiger partial charge in [0.25, 0.3) is 0 Å². The van der Waals surface area contributed by atoms with E-state index >= 15 is 0 Å². The van der Waals surface area contributed by atoms with Gasteiger partial charge in [-0.3, -0.25) is 0 Å². The molecular formula is C12H16N2S. The molecule has 0 aliphatic heterocycles. The van der Waals surface area contributed by atoms with Gasteiger partial charge in [-0.15, -0.1) is 0 Å². The minimum absolute atomic E-state index is 0.429. The van der Waals surface area contributed by atoms with E-state index in [1.165, 1.54) is 24.1 Å². The lowest BCUT2D eigenvalue weighted by Gasteiger charge is -2.06. The van der Waals surface area contributed by atoms with Crippen LogP contribution in [0.2, 0.25) is 0 Å². The van der Waals surface area contributed by atoms with Gasteiger partial charge in [0, 0.05) is 17.2 Å². The number of nitrogens with one attached hydrogen (secondary N) is 1. The van der Waals surface area contributed by atoms with Crippen molar-refractivity contribution in [1.82, 2.24) is 9.97 Å². The van der Waals surface area contributed by atoms with Crippen LogP contribution >= 0.6 is 12.2 Å². The van der Waals surface area contributed by atoms with Crippen molar-refractivity contribution in [3.63, 3.8) is 0 Å². The van der Waals surface area contributed by atoms with Crippen LogP contribution in [-0.4, -0.2) is 9.97 Å². The number of hydrogen-bond acceptors (Lipinski definition) is 2. The van der Waals surface area contributed by atoms with Crippen molar-refractivity contribution in [2.24, 2.45) is 5.41 Å². The van der Waals surface area contributed by atoms with Crippen LogP contribution in [0.25, 0.3) is 0 Å². The molecule has 0 radical (unpaired) electrons. The van der Waals surface area contributed by atoms with E-state index in [1.54, 1.807) is 0 Å². The zero-order chi connectivity index (χ0) is 10.6. The lowest BCUT2D eigenvalue weighted by molar-refractivity contribution is 0.606. The van der Waals surface area contributed by atoms with Crippen molar-refractivity contribution in [2.75, 3.05) is 0 Å². The first-order valence-electron chi connectivity index (χ1n) is 5.70. The largest absolute Gasteiger partial charge is 0.347 e. The summed E-state index contributed by atoms with van der Waals surface area (Å²) in [7, 11) is 0. The molecule has 0 amide bonds. The summed E-state index contributed by atoms with van der Waals surface area (Å²) < 4.78 is 0.846. The normalized spacial score (nSPS) is 26.4. The van der Waals surface area contributed by atoms with E-state index in [9.17, 15) is 0 Å². The van der Waals surface area contributed by atoms with Gasteiger partial charge < -0.3 is 4.98 Å². The highest BCUT2D eigenvalue weighted by molar-refractivity contribution is 7.71. The molecule has 1 unspecified atom stereocenters. The second-order valence-electron chi connectivity index (χ2n) is 5.48. The molecule has 2 aliphatic carbocycles. The van der Waals surface area contributed by atoms with Crippen molar-refractivity contribution in [2.45, 2.75) is 45.4 Å². The number of hydrogen-bond donors (Lipinski definition) is 1. The standard InChI is InChI=1S/C12H16N2S/c1-12(2)6-8(12)10-13-9-5-3-4-7(9)11(15)14-10/h8H,3-6H2,1-2H3,(H,13,14,15). The Balaban J connectivity index is 2.05. The van der Waals surface area contributed by atoms with Crippen molar-refractivity contribution >= 4 is 12.2 Å². The lowest BCUT2D eigenvalue weighted by atomic mass is 10.1. The van der Waals surface area contributed by atoms with Gasteiger partial charge in [-0.1, -0.05) is 26.1 Å². The highest BCUT2D eigenvalue weighted by atomic mass is 32.1.